The van der Waals surface area contributed by atoms with Gasteiger partial charge in [0.2, 0.25) is 0 Å². The summed E-state index contributed by atoms with van der Waals surface area (Å²) in [7, 11) is 2.96. The number of carbonyl (C=O) groups is 3. The Morgan fingerprint density at radius 2 is 1.75 bits per heavy atom. The summed E-state index contributed by atoms with van der Waals surface area (Å²) < 4.78 is 21.5. The maximum atomic E-state index is 13.6. The first-order valence-electron chi connectivity index (χ1n) is 12.6. The Morgan fingerprint density at radius 1 is 1.02 bits per heavy atom. The van der Waals surface area contributed by atoms with Crippen molar-refractivity contribution in [3.05, 3.63) is 69.2 Å². The summed E-state index contributed by atoms with van der Waals surface area (Å²) in [4.78, 5) is 45.5. The molecule has 1 unspecified atom stereocenters. The number of ether oxygens (including phenoxy) is 4. The molecule has 0 aliphatic carbocycles. The van der Waals surface area contributed by atoms with Crippen molar-refractivity contribution in [3.8, 4) is 17.2 Å². The summed E-state index contributed by atoms with van der Waals surface area (Å²) in [5, 5.41) is 11.7. The zero-order valence-corrected chi connectivity index (χ0v) is 23.9. The highest BCUT2D eigenvalue weighted by atomic mass is 32.1. The average molecular weight is 567 g/mol. The average Bonchev–Trinajstić information content (AvgIpc) is 3.44. The summed E-state index contributed by atoms with van der Waals surface area (Å²) >= 11 is 0.937. The number of aliphatic hydroxyl groups excluding tert-OH is 1. The van der Waals surface area contributed by atoms with Crippen molar-refractivity contribution in [1.82, 2.24) is 4.98 Å². The van der Waals surface area contributed by atoms with Gasteiger partial charge in [0.05, 0.1) is 44.7 Å². The zero-order chi connectivity index (χ0) is 29.1. The van der Waals surface area contributed by atoms with Gasteiger partial charge in [-0.15, -0.1) is 0 Å². The fourth-order valence-electron chi connectivity index (χ4n) is 4.54. The van der Waals surface area contributed by atoms with E-state index < -0.39 is 23.7 Å². The lowest BCUT2D eigenvalue weighted by Gasteiger charge is -2.24. The second kappa shape index (κ2) is 11.8. The number of hydrogen-bond acceptors (Lipinski definition) is 10. The van der Waals surface area contributed by atoms with Crippen molar-refractivity contribution in [1.29, 1.82) is 0 Å². The zero-order valence-electron chi connectivity index (χ0n) is 23.1. The SMILES string of the molecule is CCOC(=O)c1sc(N2C(=O)C(=O)C(=C(O)c3ccc(OCC)cc3C)C2c2ccc(OC)c(OC)c2)nc1C. The second-order valence-electron chi connectivity index (χ2n) is 8.82. The predicted molar refractivity (Wildman–Crippen MR) is 149 cm³/mol. The van der Waals surface area contributed by atoms with Crippen molar-refractivity contribution < 1.29 is 38.4 Å². The molecule has 2 aromatic carbocycles. The first kappa shape index (κ1) is 28.6. The molecule has 1 atom stereocenters. The van der Waals surface area contributed by atoms with E-state index in [0.717, 1.165) is 11.3 Å². The van der Waals surface area contributed by atoms with Gasteiger partial charge >= 0.3 is 11.9 Å². The number of thiazole rings is 1. The number of esters is 1. The molecule has 3 aromatic rings. The Morgan fingerprint density at radius 3 is 2.38 bits per heavy atom. The number of rotatable bonds is 9. The number of methoxy groups -OCH3 is 2. The Kier molecular flexibility index (Phi) is 8.43. The summed E-state index contributed by atoms with van der Waals surface area (Å²) in [5.74, 6) is -1.29. The maximum Gasteiger partial charge on any atom is 0.350 e. The van der Waals surface area contributed by atoms with E-state index in [-0.39, 0.29) is 27.9 Å². The molecule has 11 heteroatoms. The van der Waals surface area contributed by atoms with Gasteiger partial charge in [0.1, 0.15) is 16.4 Å². The van der Waals surface area contributed by atoms with Crippen LogP contribution in [0.25, 0.3) is 5.76 Å². The molecule has 1 N–H and O–H groups in total. The van der Waals surface area contributed by atoms with Crippen LogP contribution < -0.4 is 19.1 Å². The second-order valence-corrected chi connectivity index (χ2v) is 9.80. The minimum absolute atomic E-state index is 0.116. The number of anilines is 1. The van der Waals surface area contributed by atoms with E-state index in [1.165, 1.54) is 19.1 Å². The number of aryl methyl sites for hydroxylation is 2. The van der Waals surface area contributed by atoms with Gasteiger partial charge in [0.15, 0.2) is 16.6 Å². The van der Waals surface area contributed by atoms with E-state index in [9.17, 15) is 19.5 Å². The third-order valence-corrected chi connectivity index (χ3v) is 7.52. The topological polar surface area (TPSA) is 124 Å². The molecule has 1 fully saturated rings. The lowest BCUT2D eigenvalue weighted by Crippen LogP contribution is -2.29. The largest absolute Gasteiger partial charge is 0.507 e. The van der Waals surface area contributed by atoms with Crippen LogP contribution in [0.3, 0.4) is 0 Å². The number of carbonyl (C=O) groups excluding carboxylic acids is 3. The Bertz CT molecular complexity index is 1510. The fourth-order valence-corrected chi connectivity index (χ4v) is 5.53. The number of aromatic nitrogens is 1. The molecule has 40 heavy (non-hydrogen) atoms. The van der Waals surface area contributed by atoms with Crippen molar-refractivity contribution >= 4 is 39.9 Å². The molecular formula is C29H30N2O8S. The smallest absolute Gasteiger partial charge is 0.350 e. The highest BCUT2D eigenvalue weighted by molar-refractivity contribution is 7.17. The molecular weight excluding hydrogens is 536 g/mol. The summed E-state index contributed by atoms with van der Waals surface area (Å²) in [5.41, 5.74) is 1.71. The van der Waals surface area contributed by atoms with Crippen LogP contribution in [0.15, 0.2) is 42.0 Å². The minimum atomic E-state index is -1.08. The Hall–Kier alpha value is -4.38. The molecule has 210 valence electrons. The van der Waals surface area contributed by atoms with E-state index in [1.807, 2.05) is 6.92 Å². The number of nitrogens with zero attached hydrogens (tertiary/aromatic N) is 2. The van der Waals surface area contributed by atoms with Crippen LogP contribution in [-0.4, -0.2) is 55.2 Å². The van der Waals surface area contributed by atoms with Crippen LogP contribution in [0.5, 0.6) is 17.2 Å². The Balaban J connectivity index is 1.95. The van der Waals surface area contributed by atoms with Gasteiger partial charge in [0.25, 0.3) is 5.78 Å². The third kappa shape index (κ3) is 5.12. The molecule has 1 aliphatic heterocycles. The van der Waals surface area contributed by atoms with Crippen molar-refractivity contribution in [3.63, 3.8) is 0 Å². The first-order valence-corrected chi connectivity index (χ1v) is 13.4. The van der Waals surface area contributed by atoms with Gasteiger partial charge < -0.3 is 24.1 Å². The monoisotopic (exact) mass is 566 g/mol. The molecule has 2 heterocycles. The standard InChI is InChI=1S/C29H30N2O8S/c1-7-38-18-10-11-19(15(3)13-18)24(32)22-23(17-9-12-20(36-5)21(14-17)37-6)31(27(34)25(22)33)29-30-16(4)26(40-29)28(35)39-8-2/h9-14,23,32H,7-8H2,1-6H3. The van der Waals surface area contributed by atoms with E-state index >= 15 is 0 Å². The molecule has 10 nitrogen and oxygen atoms in total. The summed E-state index contributed by atoms with van der Waals surface area (Å²) in [6, 6.07) is 8.95. The van der Waals surface area contributed by atoms with Crippen molar-refractivity contribution in [2.75, 3.05) is 32.3 Å². The van der Waals surface area contributed by atoms with E-state index in [2.05, 4.69) is 4.98 Å². The maximum absolute atomic E-state index is 13.6. The van der Waals surface area contributed by atoms with E-state index in [1.54, 1.807) is 57.2 Å². The number of ketones is 1. The van der Waals surface area contributed by atoms with Crippen molar-refractivity contribution in [2.24, 2.45) is 0 Å². The third-order valence-electron chi connectivity index (χ3n) is 6.38. The molecule has 0 spiro atoms. The van der Waals surface area contributed by atoms with Crippen LogP contribution in [0.2, 0.25) is 0 Å². The van der Waals surface area contributed by atoms with Gasteiger partial charge in [-0.3, -0.25) is 14.5 Å². The van der Waals surface area contributed by atoms with Crippen molar-refractivity contribution in [2.45, 2.75) is 33.7 Å². The Labute approximate surface area is 235 Å². The van der Waals surface area contributed by atoms with Gasteiger partial charge in [-0.2, -0.15) is 0 Å². The number of amides is 1. The quantitative estimate of drug-likeness (QED) is 0.165. The van der Waals surface area contributed by atoms with Gasteiger partial charge in [-0.1, -0.05) is 17.4 Å². The molecule has 1 aliphatic rings. The van der Waals surface area contributed by atoms with E-state index in [4.69, 9.17) is 18.9 Å². The van der Waals surface area contributed by atoms with Gasteiger partial charge in [0, 0.05) is 5.56 Å². The van der Waals surface area contributed by atoms with Gasteiger partial charge in [-0.25, -0.2) is 9.78 Å². The lowest BCUT2D eigenvalue weighted by atomic mass is 9.93. The highest BCUT2D eigenvalue weighted by Crippen LogP contribution is 2.46. The molecule has 1 amide bonds. The molecule has 0 saturated carbocycles. The van der Waals surface area contributed by atoms with E-state index in [0.29, 0.717) is 46.2 Å². The molecule has 4 rings (SSSR count). The van der Waals surface area contributed by atoms with Crippen LogP contribution in [0.4, 0.5) is 5.13 Å². The van der Waals surface area contributed by atoms with Crippen LogP contribution >= 0.6 is 11.3 Å². The normalized spacial score (nSPS) is 16.2. The highest BCUT2D eigenvalue weighted by Gasteiger charge is 2.48. The number of hydrogen-bond donors (Lipinski definition) is 1. The number of aliphatic hydroxyl groups is 1. The van der Waals surface area contributed by atoms with Crippen LogP contribution in [0, 0.1) is 13.8 Å². The number of benzene rings is 2. The van der Waals surface area contributed by atoms with Crippen LogP contribution in [0.1, 0.15) is 51.9 Å². The molecule has 0 radical (unpaired) electrons. The lowest BCUT2D eigenvalue weighted by molar-refractivity contribution is -0.132. The number of Topliss-reactive ketones (excluding diaryl/α,β-unsaturated/α-hetero) is 1. The minimum Gasteiger partial charge on any atom is -0.507 e. The predicted octanol–water partition coefficient (Wildman–Crippen LogP) is 4.98. The molecule has 1 saturated heterocycles. The first-order chi connectivity index (χ1) is 19.2. The summed E-state index contributed by atoms with van der Waals surface area (Å²) in [6.45, 7) is 7.58. The fraction of sp³-hybridized carbons (Fsp3) is 0.310. The molecule has 0 bridgehead atoms. The van der Waals surface area contributed by atoms with Gasteiger partial charge in [-0.05, 0) is 69.2 Å². The molecule has 1 aromatic heterocycles. The van der Waals surface area contributed by atoms with Crippen LogP contribution in [-0.2, 0) is 14.3 Å². The summed E-state index contributed by atoms with van der Waals surface area (Å²) in [6.07, 6.45) is 0.